The summed E-state index contributed by atoms with van der Waals surface area (Å²) in [6.07, 6.45) is 0. The number of nitro benzene ring substituents is 1. The van der Waals surface area contributed by atoms with Crippen molar-refractivity contribution in [1.29, 1.82) is 0 Å². The number of aryl methyl sites for hydroxylation is 1. The molecule has 0 spiro atoms. The fraction of sp³-hybridized carbons (Fsp3) is 0.0270. The number of pyridine rings is 2. The minimum atomic E-state index is -0.468. The number of nitrogens with zero attached hydrogens (tertiary/aromatic N) is 5. The second-order valence-electron chi connectivity index (χ2n) is 12.2. The van der Waals surface area contributed by atoms with Crippen molar-refractivity contribution >= 4 is 104 Å². The van der Waals surface area contributed by atoms with Crippen molar-refractivity contribution in [2.24, 2.45) is 0 Å². The Labute approximate surface area is 255 Å². The number of non-ortho nitro benzene ring substituents is 1. The van der Waals surface area contributed by atoms with Crippen molar-refractivity contribution < 1.29 is 4.92 Å². The molecule has 7 aromatic carbocycles. The first-order valence-electron chi connectivity index (χ1n) is 14.9. The molecule has 0 radical (unpaired) electrons. The first-order chi connectivity index (χ1) is 22.4. The van der Waals surface area contributed by atoms with Crippen LogP contribution in [0.1, 0.15) is 5.56 Å². The molecule has 0 atom stereocenters. The second-order valence-corrected chi connectivity index (χ2v) is 12.2. The highest BCUT2D eigenvalue weighted by Crippen LogP contribution is 2.45. The summed E-state index contributed by atoms with van der Waals surface area (Å²) in [6, 6.07) is 26.3. The fourth-order valence-corrected chi connectivity index (χ4v) is 7.99. The molecule has 4 heterocycles. The topological polar surface area (TPSA) is 112 Å². The molecular formula is C37H17N5O4. The smallest absolute Gasteiger partial charge is 0.268 e. The minimum absolute atomic E-state index is 0.0971. The highest BCUT2D eigenvalue weighted by Gasteiger charge is 2.24. The number of hydrogen-bond donors (Lipinski definition) is 0. The molecule has 4 aromatic heterocycles. The summed E-state index contributed by atoms with van der Waals surface area (Å²) in [7, 11) is 0. The van der Waals surface area contributed by atoms with Crippen LogP contribution in [0.2, 0.25) is 0 Å². The lowest BCUT2D eigenvalue weighted by atomic mass is 9.86. The molecule has 0 aliphatic carbocycles. The zero-order valence-electron chi connectivity index (χ0n) is 24.0. The summed E-state index contributed by atoms with van der Waals surface area (Å²) >= 11 is 0. The van der Waals surface area contributed by atoms with Gasteiger partial charge >= 0.3 is 0 Å². The van der Waals surface area contributed by atoms with Gasteiger partial charge in [0.05, 0.1) is 27.0 Å². The third kappa shape index (κ3) is 2.57. The highest BCUT2D eigenvalue weighted by atomic mass is 16.6. The lowest BCUT2D eigenvalue weighted by Crippen LogP contribution is -2.14. The lowest BCUT2D eigenvalue weighted by molar-refractivity contribution is -0.384. The van der Waals surface area contributed by atoms with Crippen molar-refractivity contribution in [2.75, 3.05) is 0 Å². The summed E-state index contributed by atoms with van der Waals surface area (Å²) in [5.74, 6) is 0. The van der Waals surface area contributed by atoms with E-state index in [0.29, 0.717) is 33.1 Å². The number of imidazole rings is 2. The predicted molar refractivity (Wildman–Crippen MR) is 181 cm³/mol. The van der Waals surface area contributed by atoms with Gasteiger partial charge in [0.15, 0.2) is 0 Å². The van der Waals surface area contributed by atoms with Crippen LogP contribution < -0.4 is 11.1 Å². The zero-order chi connectivity index (χ0) is 30.7. The quantitative estimate of drug-likeness (QED) is 0.0843. The van der Waals surface area contributed by atoms with Crippen LogP contribution in [0.15, 0.2) is 94.5 Å². The third-order valence-electron chi connectivity index (χ3n) is 9.91. The van der Waals surface area contributed by atoms with Gasteiger partial charge in [0.1, 0.15) is 11.3 Å². The van der Waals surface area contributed by atoms with E-state index in [0.717, 1.165) is 70.5 Å². The predicted octanol–water partition coefficient (Wildman–Crippen LogP) is 7.46. The Balaban J connectivity index is 1.34. The SMILES string of the molecule is Cc1ccc2nc3c4ccc5c6ccc7c8c(ccc(c9ccc(c(=O)n3c2c1)c4c95)c68)c(=O)n1c2cc([N+](=O)[O-])ccc2nc71. The molecule has 0 aliphatic rings. The highest BCUT2D eigenvalue weighted by molar-refractivity contribution is 6.40. The van der Waals surface area contributed by atoms with Gasteiger partial charge in [0, 0.05) is 44.5 Å². The number of hydrogen-bond acceptors (Lipinski definition) is 6. The normalized spacial score (nSPS) is 12.8. The third-order valence-corrected chi connectivity index (χ3v) is 9.91. The number of aromatic nitrogens is 4. The average Bonchev–Trinajstić information content (AvgIpc) is 3.64. The van der Waals surface area contributed by atoms with Crippen LogP contribution in [-0.2, 0) is 0 Å². The van der Waals surface area contributed by atoms with Crippen LogP contribution >= 0.6 is 0 Å². The molecule has 0 bridgehead atoms. The van der Waals surface area contributed by atoms with Gasteiger partial charge in [-0.15, -0.1) is 0 Å². The van der Waals surface area contributed by atoms with Crippen molar-refractivity contribution in [2.45, 2.75) is 6.92 Å². The first-order valence-corrected chi connectivity index (χ1v) is 14.9. The van der Waals surface area contributed by atoms with E-state index in [1.807, 2.05) is 55.5 Å². The fourth-order valence-electron chi connectivity index (χ4n) is 7.99. The summed E-state index contributed by atoms with van der Waals surface area (Å²) in [4.78, 5) is 49.0. The largest absolute Gasteiger partial charge is 0.271 e. The monoisotopic (exact) mass is 595 g/mol. The lowest BCUT2D eigenvalue weighted by Gasteiger charge is -2.18. The second kappa shape index (κ2) is 7.59. The molecule has 9 nitrogen and oxygen atoms in total. The van der Waals surface area contributed by atoms with E-state index < -0.39 is 4.92 Å². The summed E-state index contributed by atoms with van der Waals surface area (Å²) in [5.41, 5.74) is 4.20. The van der Waals surface area contributed by atoms with Gasteiger partial charge in [-0.3, -0.25) is 28.5 Å². The molecule has 0 N–H and O–H groups in total. The molecule has 0 amide bonds. The Morgan fingerprint density at radius 3 is 1.46 bits per heavy atom. The summed E-state index contributed by atoms with van der Waals surface area (Å²) in [5, 5.41) is 22.0. The molecule has 9 heteroatoms. The van der Waals surface area contributed by atoms with Gasteiger partial charge in [-0.05, 0) is 87.3 Å². The van der Waals surface area contributed by atoms with Gasteiger partial charge in [-0.2, -0.15) is 0 Å². The summed E-state index contributed by atoms with van der Waals surface area (Å²) < 4.78 is 3.22. The van der Waals surface area contributed by atoms with E-state index in [4.69, 9.17) is 9.97 Å². The van der Waals surface area contributed by atoms with Crippen molar-refractivity contribution in [3.05, 3.63) is 121 Å². The zero-order valence-corrected chi connectivity index (χ0v) is 24.0. The number of fused-ring (bicyclic) bond motifs is 10. The van der Waals surface area contributed by atoms with Gasteiger partial charge in [0.2, 0.25) is 0 Å². The van der Waals surface area contributed by atoms with E-state index >= 15 is 0 Å². The van der Waals surface area contributed by atoms with E-state index in [9.17, 15) is 19.7 Å². The van der Waals surface area contributed by atoms with Gasteiger partial charge in [-0.25, -0.2) is 9.97 Å². The molecule has 0 fully saturated rings. The van der Waals surface area contributed by atoms with E-state index in [-0.39, 0.29) is 16.8 Å². The summed E-state index contributed by atoms with van der Waals surface area (Å²) in [6.45, 7) is 2.01. The van der Waals surface area contributed by atoms with E-state index in [1.54, 1.807) is 10.5 Å². The minimum Gasteiger partial charge on any atom is -0.268 e. The van der Waals surface area contributed by atoms with Gasteiger partial charge < -0.3 is 0 Å². The Hall–Kier alpha value is -6.48. The molecule has 214 valence electrons. The molecule has 0 saturated carbocycles. The van der Waals surface area contributed by atoms with Crippen LogP contribution in [0, 0.1) is 17.0 Å². The molecular weight excluding hydrogens is 578 g/mol. The first kappa shape index (κ1) is 23.9. The molecule has 11 rings (SSSR count). The molecule has 0 saturated heterocycles. The molecule has 0 unspecified atom stereocenters. The Kier molecular flexibility index (Phi) is 3.95. The Morgan fingerprint density at radius 2 is 0.957 bits per heavy atom. The molecule has 0 aliphatic heterocycles. The molecule has 11 aromatic rings. The number of benzene rings is 7. The molecule has 46 heavy (non-hydrogen) atoms. The van der Waals surface area contributed by atoms with Crippen LogP contribution in [0.3, 0.4) is 0 Å². The standard InChI is InChI=1S/C37H17N5O4/c1-16-2-12-26-28(14-16)40-34(38-26)22-8-4-18-19-5-9-23-33-25(37(44)41-29-15-17(42(45)46)3-13-27(29)39-35(23)41)11-7-21(31(19)33)20-6-10-24(36(40)43)32(22)30(18)20/h2-15H,1H3. The maximum Gasteiger partial charge on any atom is 0.271 e. The van der Waals surface area contributed by atoms with E-state index in [1.165, 1.54) is 16.5 Å². The van der Waals surface area contributed by atoms with Gasteiger partial charge in [-0.1, -0.05) is 30.3 Å². The van der Waals surface area contributed by atoms with Gasteiger partial charge in [0.25, 0.3) is 16.8 Å². The number of nitro groups is 1. The van der Waals surface area contributed by atoms with Crippen LogP contribution in [0.5, 0.6) is 0 Å². The Bertz CT molecular complexity index is 3320. The van der Waals surface area contributed by atoms with Crippen LogP contribution in [0.25, 0.3) is 98.0 Å². The van der Waals surface area contributed by atoms with Crippen LogP contribution in [-0.4, -0.2) is 23.7 Å². The maximum absolute atomic E-state index is 14.1. The van der Waals surface area contributed by atoms with E-state index in [2.05, 4.69) is 18.2 Å². The van der Waals surface area contributed by atoms with Crippen molar-refractivity contribution in [3.63, 3.8) is 0 Å². The Morgan fingerprint density at radius 1 is 0.543 bits per heavy atom. The maximum atomic E-state index is 14.1. The average molecular weight is 596 g/mol. The van der Waals surface area contributed by atoms with Crippen molar-refractivity contribution in [3.8, 4) is 0 Å². The van der Waals surface area contributed by atoms with Crippen molar-refractivity contribution in [1.82, 2.24) is 18.8 Å². The number of rotatable bonds is 1. The van der Waals surface area contributed by atoms with Crippen LogP contribution in [0.4, 0.5) is 5.69 Å².